The smallest absolute Gasteiger partial charge is 0.416 e. The topological polar surface area (TPSA) is 37.3 Å². The van der Waals surface area contributed by atoms with Crippen molar-refractivity contribution < 1.29 is 23.1 Å². The van der Waals surface area contributed by atoms with Crippen LogP contribution in [-0.2, 0) is 22.8 Å². The molecule has 1 unspecified atom stereocenters. The highest BCUT2D eigenvalue weighted by Gasteiger charge is 2.43. The molecule has 0 aliphatic heterocycles. The van der Waals surface area contributed by atoms with Crippen LogP contribution in [0, 0.1) is 0 Å². The molecule has 1 aliphatic rings. The van der Waals surface area contributed by atoms with Crippen molar-refractivity contribution in [1.29, 1.82) is 0 Å². The molecule has 1 aliphatic carbocycles. The minimum Gasteiger partial charge on any atom is -0.481 e. The van der Waals surface area contributed by atoms with Gasteiger partial charge in [-0.05, 0) is 43.0 Å². The van der Waals surface area contributed by atoms with Gasteiger partial charge in [0.05, 0.1) is 11.0 Å². The van der Waals surface area contributed by atoms with Crippen LogP contribution in [0.4, 0.5) is 13.2 Å². The average Bonchev–Trinajstić information content (AvgIpc) is 2.56. The van der Waals surface area contributed by atoms with Crippen LogP contribution in [0.25, 0.3) is 0 Å². The van der Waals surface area contributed by atoms with Crippen molar-refractivity contribution in [3.05, 3.63) is 34.9 Å². The van der Waals surface area contributed by atoms with Gasteiger partial charge in [0.25, 0.3) is 0 Å². The second-order valence-electron chi connectivity index (χ2n) is 4.51. The van der Waals surface area contributed by atoms with Gasteiger partial charge < -0.3 is 5.11 Å². The summed E-state index contributed by atoms with van der Waals surface area (Å²) in [6.07, 6.45) is -3.58. The predicted molar refractivity (Wildman–Crippen MR) is 54.8 cm³/mol. The maximum atomic E-state index is 12.6. The number of hydrogen-bond donors (Lipinski definition) is 1. The van der Waals surface area contributed by atoms with Crippen molar-refractivity contribution in [2.45, 2.75) is 31.4 Å². The van der Waals surface area contributed by atoms with Crippen molar-refractivity contribution in [1.82, 2.24) is 0 Å². The summed E-state index contributed by atoms with van der Waals surface area (Å²) in [6, 6.07) is 3.36. The summed E-state index contributed by atoms with van der Waals surface area (Å²) in [5.74, 6) is -1.07. The van der Waals surface area contributed by atoms with E-state index in [0.717, 1.165) is 12.1 Å². The van der Waals surface area contributed by atoms with Crippen LogP contribution in [0.15, 0.2) is 18.2 Å². The molecule has 5 heteroatoms. The van der Waals surface area contributed by atoms with Crippen molar-refractivity contribution in [3.8, 4) is 0 Å². The van der Waals surface area contributed by atoms with Crippen LogP contribution in [0.1, 0.15) is 30.0 Å². The van der Waals surface area contributed by atoms with E-state index in [1.165, 1.54) is 13.0 Å². The van der Waals surface area contributed by atoms with Crippen LogP contribution >= 0.6 is 0 Å². The lowest BCUT2D eigenvalue weighted by atomic mass is 9.83. The first-order valence-corrected chi connectivity index (χ1v) is 5.19. The van der Waals surface area contributed by atoms with E-state index in [9.17, 15) is 18.0 Å². The molecule has 0 saturated carbocycles. The number of carbonyl (C=O) groups is 1. The quantitative estimate of drug-likeness (QED) is 0.824. The number of aliphatic carboxylic acids is 1. The van der Waals surface area contributed by atoms with E-state index in [1.807, 2.05) is 0 Å². The molecule has 0 spiro atoms. The van der Waals surface area contributed by atoms with Gasteiger partial charge in [-0.2, -0.15) is 13.2 Å². The van der Waals surface area contributed by atoms with E-state index in [-0.39, 0.29) is 0 Å². The molecule has 0 amide bonds. The lowest BCUT2D eigenvalue weighted by Crippen LogP contribution is -2.29. The molecule has 1 N–H and O–H groups in total. The molecule has 0 fully saturated rings. The number of fused-ring (bicyclic) bond motifs is 1. The summed E-state index contributed by atoms with van der Waals surface area (Å²) < 4.78 is 37.7. The molecular weight excluding hydrogens is 233 g/mol. The molecule has 17 heavy (non-hydrogen) atoms. The van der Waals surface area contributed by atoms with E-state index in [4.69, 9.17) is 5.11 Å². The first kappa shape index (κ1) is 12.0. The number of aryl methyl sites for hydroxylation is 1. The van der Waals surface area contributed by atoms with E-state index in [1.54, 1.807) is 0 Å². The number of rotatable bonds is 1. The zero-order chi connectivity index (χ0) is 12.8. The van der Waals surface area contributed by atoms with Crippen molar-refractivity contribution >= 4 is 5.97 Å². The highest BCUT2D eigenvalue weighted by Crippen LogP contribution is 2.41. The Bertz CT molecular complexity index is 479. The van der Waals surface area contributed by atoms with Gasteiger partial charge in [0.2, 0.25) is 0 Å². The Labute approximate surface area is 96.1 Å². The molecule has 92 valence electrons. The van der Waals surface area contributed by atoms with E-state index < -0.39 is 23.1 Å². The summed E-state index contributed by atoms with van der Waals surface area (Å²) >= 11 is 0. The molecule has 0 aromatic heterocycles. The number of halogens is 3. The third-order valence-corrected chi connectivity index (χ3v) is 3.40. The molecule has 0 bridgehead atoms. The van der Waals surface area contributed by atoms with Gasteiger partial charge >= 0.3 is 12.1 Å². The van der Waals surface area contributed by atoms with Crippen LogP contribution in [0.2, 0.25) is 0 Å². The Morgan fingerprint density at radius 2 is 2.06 bits per heavy atom. The molecule has 0 radical (unpaired) electrons. The Kier molecular flexibility index (Phi) is 2.45. The average molecular weight is 244 g/mol. The Hall–Kier alpha value is -1.52. The Morgan fingerprint density at radius 3 is 2.59 bits per heavy atom. The number of carboxylic acids is 1. The molecule has 0 heterocycles. The zero-order valence-corrected chi connectivity index (χ0v) is 9.14. The third-order valence-electron chi connectivity index (χ3n) is 3.40. The van der Waals surface area contributed by atoms with Gasteiger partial charge in [-0.3, -0.25) is 4.79 Å². The molecule has 2 nitrogen and oxygen atoms in total. The summed E-state index contributed by atoms with van der Waals surface area (Å²) in [5, 5.41) is 9.13. The van der Waals surface area contributed by atoms with Gasteiger partial charge in [-0.15, -0.1) is 0 Å². The fraction of sp³-hybridized carbons (Fsp3) is 0.417. The highest BCUT2D eigenvalue weighted by molar-refractivity contribution is 5.82. The van der Waals surface area contributed by atoms with Crippen LogP contribution in [0.3, 0.4) is 0 Å². The van der Waals surface area contributed by atoms with Crippen molar-refractivity contribution in [2.75, 3.05) is 0 Å². The third kappa shape index (κ3) is 1.79. The molecule has 2 rings (SSSR count). The summed E-state index contributed by atoms with van der Waals surface area (Å²) in [7, 11) is 0. The number of hydrogen-bond acceptors (Lipinski definition) is 1. The van der Waals surface area contributed by atoms with Gasteiger partial charge in [0.1, 0.15) is 0 Å². The second kappa shape index (κ2) is 3.48. The number of carboxylic acid groups (broad SMARTS) is 1. The van der Waals surface area contributed by atoms with E-state index in [2.05, 4.69) is 0 Å². The van der Waals surface area contributed by atoms with Crippen molar-refractivity contribution in [2.24, 2.45) is 0 Å². The standard InChI is InChI=1S/C12H11F3O2/c1-11(10(16)17)5-4-7-2-3-8(6-9(7)11)12(13,14)15/h2-3,6H,4-5H2,1H3,(H,16,17). The number of benzene rings is 1. The largest absolute Gasteiger partial charge is 0.481 e. The van der Waals surface area contributed by atoms with Gasteiger partial charge in [-0.1, -0.05) is 6.07 Å². The SMILES string of the molecule is CC1(C(=O)O)CCc2ccc(C(F)(F)F)cc21. The Morgan fingerprint density at radius 1 is 1.41 bits per heavy atom. The fourth-order valence-electron chi connectivity index (χ4n) is 2.23. The second-order valence-corrected chi connectivity index (χ2v) is 4.51. The van der Waals surface area contributed by atoms with Crippen LogP contribution < -0.4 is 0 Å². The molecule has 0 saturated heterocycles. The summed E-state index contributed by atoms with van der Waals surface area (Å²) in [4.78, 5) is 11.2. The maximum absolute atomic E-state index is 12.6. The Balaban J connectivity index is 2.55. The van der Waals surface area contributed by atoms with Gasteiger partial charge in [0.15, 0.2) is 0 Å². The van der Waals surface area contributed by atoms with Gasteiger partial charge in [-0.25, -0.2) is 0 Å². The molecule has 1 aromatic rings. The summed E-state index contributed by atoms with van der Waals surface area (Å²) in [5.41, 5.74) is -0.996. The highest BCUT2D eigenvalue weighted by atomic mass is 19.4. The first-order chi connectivity index (χ1) is 7.75. The van der Waals surface area contributed by atoms with E-state index >= 15 is 0 Å². The first-order valence-electron chi connectivity index (χ1n) is 5.19. The predicted octanol–water partition coefficient (Wildman–Crippen LogP) is 2.99. The lowest BCUT2D eigenvalue weighted by molar-refractivity contribution is -0.143. The molecular formula is C12H11F3O2. The fourth-order valence-corrected chi connectivity index (χ4v) is 2.23. The van der Waals surface area contributed by atoms with Crippen LogP contribution in [0.5, 0.6) is 0 Å². The molecule has 1 atom stereocenters. The lowest BCUT2D eigenvalue weighted by Gasteiger charge is -2.20. The zero-order valence-electron chi connectivity index (χ0n) is 9.14. The molecule has 1 aromatic carbocycles. The normalized spacial score (nSPS) is 23.5. The summed E-state index contributed by atoms with van der Waals surface area (Å²) in [6.45, 7) is 1.47. The minimum absolute atomic E-state index is 0.292. The number of alkyl halides is 3. The van der Waals surface area contributed by atoms with E-state index in [0.29, 0.717) is 24.0 Å². The van der Waals surface area contributed by atoms with Crippen molar-refractivity contribution in [3.63, 3.8) is 0 Å². The van der Waals surface area contributed by atoms with Gasteiger partial charge in [0, 0.05) is 0 Å². The monoisotopic (exact) mass is 244 g/mol. The van der Waals surface area contributed by atoms with Crippen LogP contribution in [-0.4, -0.2) is 11.1 Å². The maximum Gasteiger partial charge on any atom is 0.416 e. The minimum atomic E-state index is -4.43.